The molecule has 1 saturated heterocycles. The smallest absolute Gasteiger partial charge is 0.274 e. The molecule has 0 saturated carbocycles. The lowest BCUT2D eigenvalue weighted by atomic mass is 9.95. The maximum absolute atomic E-state index is 13.1. The third kappa shape index (κ3) is 2.75. The van der Waals surface area contributed by atoms with Crippen molar-refractivity contribution in [3.63, 3.8) is 0 Å². The Kier molecular flexibility index (Phi) is 4.26. The predicted molar refractivity (Wildman–Crippen MR) is 103 cm³/mol. The molecule has 2 aliphatic heterocycles. The number of hydrogen-bond acceptors (Lipinski definition) is 5. The number of fused-ring (bicyclic) bond motifs is 2. The predicted octanol–water partition coefficient (Wildman–Crippen LogP) is 2.52. The molecule has 5 rings (SSSR count). The molecule has 1 amide bonds. The molecule has 146 valence electrons. The summed E-state index contributed by atoms with van der Waals surface area (Å²) in [4.78, 5) is 15.0. The molecular formula is C20H24N6O2. The fourth-order valence-corrected chi connectivity index (χ4v) is 4.47. The van der Waals surface area contributed by atoms with Crippen molar-refractivity contribution in [1.82, 2.24) is 29.9 Å². The number of para-hydroxylation sites is 1. The molecule has 0 radical (unpaired) electrons. The van der Waals surface area contributed by atoms with Crippen molar-refractivity contribution in [2.45, 2.75) is 44.6 Å². The Bertz CT molecular complexity index is 1020. The second-order valence-electron chi connectivity index (χ2n) is 7.60. The van der Waals surface area contributed by atoms with Crippen LogP contribution in [0.5, 0.6) is 5.75 Å². The topological polar surface area (TPSA) is 88.9 Å². The number of hydrogen-bond donors (Lipinski definition) is 1. The van der Waals surface area contributed by atoms with E-state index < -0.39 is 0 Å². The molecule has 0 unspecified atom stereocenters. The van der Waals surface area contributed by atoms with Crippen molar-refractivity contribution in [3.05, 3.63) is 35.5 Å². The highest BCUT2D eigenvalue weighted by Gasteiger charge is 2.30. The van der Waals surface area contributed by atoms with Gasteiger partial charge in [0.2, 0.25) is 0 Å². The molecule has 2 aliphatic rings. The summed E-state index contributed by atoms with van der Waals surface area (Å²) in [7, 11) is 1.62. The van der Waals surface area contributed by atoms with Gasteiger partial charge in [-0.25, -0.2) is 0 Å². The summed E-state index contributed by atoms with van der Waals surface area (Å²) in [6.45, 7) is 2.45. The van der Waals surface area contributed by atoms with Crippen molar-refractivity contribution in [3.8, 4) is 5.75 Å². The zero-order valence-corrected chi connectivity index (χ0v) is 16.0. The number of methoxy groups -OCH3 is 1. The van der Waals surface area contributed by atoms with E-state index in [1.807, 2.05) is 23.1 Å². The number of aromatic amines is 1. The van der Waals surface area contributed by atoms with Crippen LogP contribution in [0.1, 0.15) is 53.7 Å². The molecule has 8 nitrogen and oxygen atoms in total. The van der Waals surface area contributed by atoms with Crippen LogP contribution in [0.3, 0.4) is 0 Å². The SMILES string of the molecule is COc1cccc2c(C(=O)N3CCC(c4nnc5n4CCCC5)CC3)n[nH]c12. The fourth-order valence-electron chi connectivity index (χ4n) is 4.47. The van der Waals surface area contributed by atoms with E-state index in [1.54, 1.807) is 7.11 Å². The summed E-state index contributed by atoms with van der Waals surface area (Å²) in [5.41, 5.74) is 1.23. The highest BCUT2D eigenvalue weighted by molar-refractivity contribution is 6.05. The Morgan fingerprint density at radius 2 is 2.04 bits per heavy atom. The van der Waals surface area contributed by atoms with Gasteiger partial charge in [-0.15, -0.1) is 10.2 Å². The number of aryl methyl sites for hydroxylation is 1. The van der Waals surface area contributed by atoms with E-state index in [4.69, 9.17) is 4.74 Å². The molecule has 0 aliphatic carbocycles. The van der Waals surface area contributed by atoms with Crippen LogP contribution < -0.4 is 4.74 Å². The highest BCUT2D eigenvalue weighted by Crippen LogP contribution is 2.31. The van der Waals surface area contributed by atoms with Gasteiger partial charge in [0.15, 0.2) is 5.69 Å². The number of carbonyl (C=O) groups excluding carboxylic acids is 1. The first kappa shape index (κ1) is 17.2. The van der Waals surface area contributed by atoms with E-state index >= 15 is 0 Å². The molecule has 28 heavy (non-hydrogen) atoms. The molecule has 8 heteroatoms. The van der Waals surface area contributed by atoms with Crippen LogP contribution in [0.2, 0.25) is 0 Å². The van der Waals surface area contributed by atoms with Gasteiger partial charge in [0.1, 0.15) is 22.9 Å². The molecule has 4 heterocycles. The quantitative estimate of drug-likeness (QED) is 0.754. The molecule has 1 N–H and O–H groups in total. The minimum atomic E-state index is -0.0266. The lowest BCUT2D eigenvalue weighted by Gasteiger charge is -2.31. The Morgan fingerprint density at radius 3 is 2.86 bits per heavy atom. The van der Waals surface area contributed by atoms with Gasteiger partial charge in [-0.1, -0.05) is 12.1 Å². The van der Waals surface area contributed by atoms with E-state index in [0.29, 0.717) is 30.5 Å². The zero-order valence-electron chi connectivity index (χ0n) is 16.0. The minimum Gasteiger partial charge on any atom is -0.494 e. The summed E-state index contributed by atoms with van der Waals surface area (Å²) in [5.74, 6) is 3.27. The second-order valence-corrected chi connectivity index (χ2v) is 7.60. The number of nitrogens with zero attached hydrogens (tertiary/aromatic N) is 5. The lowest BCUT2D eigenvalue weighted by molar-refractivity contribution is 0.0706. The van der Waals surface area contributed by atoms with E-state index in [-0.39, 0.29) is 5.91 Å². The molecule has 0 bridgehead atoms. The Hall–Kier alpha value is -2.90. The number of rotatable bonds is 3. The van der Waals surface area contributed by atoms with Crippen molar-refractivity contribution in [2.75, 3.05) is 20.2 Å². The summed E-state index contributed by atoms with van der Waals surface area (Å²) in [5, 5.41) is 16.9. The number of likely N-dealkylation sites (tertiary alicyclic amines) is 1. The Balaban J connectivity index is 1.32. The first-order valence-corrected chi connectivity index (χ1v) is 9.98. The minimum absolute atomic E-state index is 0.0266. The Morgan fingerprint density at radius 1 is 1.18 bits per heavy atom. The van der Waals surface area contributed by atoms with Crippen LogP contribution in [0.25, 0.3) is 10.9 Å². The van der Waals surface area contributed by atoms with Crippen molar-refractivity contribution in [2.24, 2.45) is 0 Å². The summed E-state index contributed by atoms with van der Waals surface area (Å²) in [6.07, 6.45) is 5.25. The number of carbonyl (C=O) groups is 1. The summed E-state index contributed by atoms with van der Waals surface area (Å²) < 4.78 is 7.66. The first-order chi connectivity index (χ1) is 13.8. The fraction of sp³-hybridized carbons (Fsp3) is 0.500. The van der Waals surface area contributed by atoms with Gasteiger partial charge < -0.3 is 14.2 Å². The maximum atomic E-state index is 13.1. The summed E-state index contributed by atoms with van der Waals surface area (Å²) >= 11 is 0. The average molecular weight is 380 g/mol. The van der Waals surface area contributed by atoms with Gasteiger partial charge in [-0.3, -0.25) is 9.89 Å². The van der Waals surface area contributed by atoms with Crippen molar-refractivity contribution < 1.29 is 9.53 Å². The van der Waals surface area contributed by atoms with E-state index in [2.05, 4.69) is 25.0 Å². The highest BCUT2D eigenvalue weighted by atomic mass is 16.5. The van der Waals surface area contributed by atoms with Crippen LogP contribution in [-0.4, -0.2) is 56.0 Å². The van der Waals surface area contributed by atoms with Crippen molar-refractivity contribution >= 4 is 16.8 Å². The van der Waals surface area contributed by atoms with Crippen LogP contribution in [-0.2, 0) is 13.0 Å². The van der Waals surface area contributed by atoms with E-state index in [9.17, 15) is 4.79 Å². The van der Waals surface area contributed by atoms with Crippen LogP contribution in [0.15, 0.2) is 18.2 Å². The van der Waals surface area contributed by atoms with Gasteiger partial charge in [0.25, 0.3) is 5.91 Å². The van der Waals surface area contributed by atoms with Crippen molar-refractivity contribution in [1.29, 1.82) is 0 Å². The third-order valence-corrected chi connectivity index (χ3v) is 6.02. The number of aromatic nitrogens is 5. The average Bonchev–Trinajstić information content (AvgIpc) is 3.37. The van der Waals surface area contributed by atoms with Gasteiger partial charge in [0.05, 0.1) is 7.11 Å². The number of amides is 1. The van der Waals surface area contributed by atoms with E-state index in [1.165, 1.54) is 12.8 Å². The largest absolute Gasteiger partial charge is 0.494 e. The number of H-pyrrole nitrogens is 1. The number of piperidine rings is 1. The van der Waals surface area contributed by atoms with Crippen LogP contribution in [0.4, 0.5) is 0 Å². The first-order valence-electron chi connectivity index (χ1n) is 9.98. The normalized spacial score (nSPS) is 17.7. The maximum Gasteiger partial charge on any atom is 0.274 e. The molecule has 0 atom stereocenters. The van der Waals surface area contributed by atoms with Crippen LogP contribution in [0, 0.1) is 0 Å². The molecule has 3 aromatic rings. The van der Waals surface area contributed by atoms with Crippen LogP contribution >= 0.6 is 0 Å². The number of nitrogens with one attached hydrogen (secondary N) is 1. The number of ether oxygens (including phenoxy) is 1. The van der Waals surface area contributed by atoms with Gasteiger partial charge in [-0.2, -0.15) is 5.10 Å². The standard InChI is InChI=1S/C20H24N6O2/c1-28-15-6-4-5-14-17(15)22-23-18(14)20(27)25-11-8-13(9-12-25)19-24-21-16-7-2-3-10-26(16)19/h4-6,13H,2-3,7-12H2,1H3,(H,22,23). The number of benzene rings is 1. The molecule has 1 fully saturated rings. The molecule has 2 aromatic heterocycles. The lowest BCUT2D eigenvalue weighted by Crippen LogP contribution is -2.38. The van der Waals surface area contributed by atoms with Gasteiger partial charge in [0, 0.05) is 37.4 Å². The third-order valence-electron chi connectivity index (χ3n) is 6.02. The molecular weight excluding hydrogens is 356 g/mol. The molecule has 0 spiro atoms. The second kappa shape index (κ2) is 6.92. The zero-order chi connectivity index (χ0) is 19.1. The Labute approximate surface area is 162 Å². The van der Waals surface area contributed by atoms with E-state index in [0.717, 1.165) is 48.4 Å². The molecule has 1 aromatic carbocycles. The van der Waals surface area contributed by atoms with Gasteiger partial charge >= 0.3 is 0 Å². The monoisotopic (exact) mass is 380 g/mol. The summed E-state index contributed by atoms with van der Waals surface area (Å²) in [6, 6.07) is 5.65. The van der Waals surface area contributed by atoms with Gasteiger partial charge in [-0.05, 0) is 31.7 Å².